The number of amides is 2. The number of aryl methyl sites for hydroxylation is 1. The van der Waals surface area contributed by atoms with Crippen LogP contribution >= 0.6 is 11.8 Å². The Morgan fingerprint density at radius 3 is 2.29 bits per heavy atom. The third kappa shape index (κ3) is 5.07. The van der Waals surface area contributed by atoms with Crippen molar-refractivity contribution < 1.29 is 23.9 Å². The molecule has 1 aliphatic rings. The van der Waals surface area contributed by atoms with Crippen LogP contribution in [0.25, 0.3) is 0 Å². The summed E-state index contributed by atoms with van der Waals surface area (Å²) in [6.45, 7) is 3.96. The van der Waals surface area contributed by atoms with Gasteiger partial charge < -0.3 is 14.8 Å². The van der Waals surface area contributed by atoms with E-state index in [4.69, 9.17) is 9.47 Å². The first-order valence-corrected chi connectivity index (χ1v) is 11.8. The maximum absolute atomic E-state index is 13.5. The molecule has 1 heterocycles. The number of anilines is 2. The molecule has 4 rings (SSSR count). The topological polar surface area (TPSA) is 84.9 Å². The lowest BCUT2D eigenvalue weighted by Crippen LogP contribution is -2.32. The van der Waals surface area contributed by atoms with Gasteiger partial charge in [0.05, 0.1) is 30.7 Å². The van der Waals surface area contributed by atoms with Crippen LogP contribution in [0.2, 0.25) is 0 Å². The van der Waals surface area contributed by atoms with E-state index in [1.807, 2.05) is 43.3 Å². The van der Waals surface area contributed by atoms with Gasteiger partial charge in [0.1, 0.15) is 16.4 Å². The Labute approximate surface area is 207 Å². The molecule has 178 valence electrons. The Morgan fingerprint density at radius 1 is 0.943 bits per heavy atom. The number of nitrogens with zero attached hydrogens (tertiary/aromatic N) is 1. The van der Waals surface area contributed by atoms with Crippen LogP contribution < -0.4 is 15.0 Å². The molecule has 0 aliphatic carbocycles. The molecule has 7 nitrogen and oxygen atoms in total. The van der Waals surface area contributed by atoms with E-state index in [9.17, 15) is 14.4 Å². The summed E-state index contributed by atoms with van der Waals surface area (Å²) < 4.78 is 10.4. The molecule has 0 unspecified atom stereocenters. The number of hydrogen-bond acceptors (Lipinski definition) is 7. The van der Waals surface area contributed by atoms with E-state index in [0.29, 0.717) is 22.7 Å². The van der Waals surface area contributed by atoms with Gasteiger partial charge in [0, 0.05) is 4.90 Å². The first kappa shape index (κ1) is 24.1. The lowest BCUT2D eigenvalue weighted by atomic mass is 10.2. The fraction of sp³-hybridized carbons (Fsp3) is 0.148. The number of carbonyl (C=O) groups excluding carboxylic acids is 3. The number of thioether (sulfide) groups is 1. The number of nitrogens with one attached hydrogen (secondary N) is 1. The molecule has 1 aliphatic heterocycles. The zero-order chi connectivity index (χ0) is 24.9. The van der Waals surface area contributed by atoms with Gasteiger partial charge in [-0.05, 0) is 62.4 Å². The van der Waals surface area contributed by atoms with Crippen molar-refractivity contribution in [2.75, 3.05) is 23.9 Å². The molecule has 0 bridgehead atoms. The van der Waals surface area contributed by atoms with E-state index in [1.165, 1.54) is 31.0 Å². The Balaban J connectivity index is 1.71. The molecular formula is C27H24N2O5S. The third-order valence-corrected chi connectivity index (χ3v) is 6.38. The summed E-state index contributed by atoms with van der Waals surface area (Å²) in [5.74, 6) is -0.885. The fourth-order valence-corrected chi connectivity index (χ4v) is 4.44. The minimum absolute atomic E-state index is 0.152. The van der Waals surface area contributed by atoms with Crippen LogP contribution in [-0.4, -0.2) is 31.5 Å². The number of methoxy groups -OCH3 is 1. The van der Waals surface area contributed by atoms with E-state index in [1.54, 1.807) is 31.2 Å². The average Bonchev–Trinajstić information content (AvgIpc) is 3.09. The van der Waals surface area contributed by atoms with Crippen molar-refractivity contribution in [3.8, 4) is 5.75 Å². The lowest BCUT2D eigenvalue weighted by Gasteiger charge is -2.16. The largest absolute Gasteiger partial charge is 0.495 e. The molecule has 2 amide bonds. The molecule has 1 N–H and O–H groups in total. The molecule has 0 saturated carbocycles. The van der Waals surface area contributed by atoms with Crippen LogP contribution in [0.4, 0.5) is 11.4 Å². The van der Waals surface area contributed by atoms with Crippen molar-refractivity contribution >= 4 is 40.9 Å². The zero-order valence-electron chi connectivity index (χ0n) is 19.5. The molecule has 0 aromatic heterocycles. The van der Waals surface area contributed by atoms with Crippen LogP contribution in [0, 0.1) is 6.92 Å². The van der Waals surface area contributed by atoms with Crippen LogP contribution in [0.5, 0.6) is 5.75 Å². The van der Waals surface area contributed by atoms with Crippen molar-refractivity contribution in [2.45, 2.75) is 18.7 Å². The fourth-order valence-electron chi connectivity index (χ4n) is 3.52. The standard InChI is InChI=1S/C27H24N2O5S/c1-4-34-27(32)18-11-13-19(14-12-18)29-25(30)23(28-21-7-5-6-8-22(21)33-3)24(26(29)31)35-20-15-9-17(2)10-16-20/h5-16,28H,4H2,1-3H3. The summed E-state index contributed by atoms with van der Waals surface area (Å²) in [7, 11) is 1.54. The molecule has 3 aromatic rings. The number of benzene rings is 3. The number of rotatable bonds is 8. The van der Waals surface area contributed by atoms with Gasteiger partial charge in [0.2, 0.25) is 0 Å². The Bertz CT molecular complexity index is 1300. The van der Waals surface area contributed by atoms with Crippen molar-refractivity contribution in [3.05, 3.63) is 94.5 Å². The number of carbonyl (C=O) groups is 3. The molecular weight excluding hydrogens is 464 g/mol. The van der Waals surface area contributed by atoms with Crippen molar-refractivity contribution in [3.63, 3.8) is 0 Å². The smallest absolute Gasteiger partial charge is 0.338 e. The van der Waals surface area contributed by atoms with Crippen LogP contribution in [0.1, 0.15) is 22.8 Å². The molecule has 0 fully saturated rings. The first-order valence-electron chi connectivity index (χ1n) is 11.0. The van der Waals surface area contributed by atoms with E-state index in [0.717, 1.165) is 15.4 Å². The first-order chi connectivity index (χ1) is 16.9. The number of ether oxygens (including phenoxy) is 2. The number of esters is 1. The van der Waals surface area contributed by atoms with Crippen LogP contribution in [0.3, 0.4) is 0 Å². The summed E-state index contributed by atoms with van der Waals surface area (Å²) in [5, 5.41) is 3.12. The second-order valence-electron chi connectivity index (χ2n) is 7.66. The molecule has 0 radical (unpaired) electrons. The van der Waals surface area contributed by atoms with Crippen molar-refractivity contribution in [1.82, 2.24) is 0 Å². The highest BCUT2D eigenvalue weighted by atomic mass is 32.2. The molecule has 0 saturated heterocycles. The zero-order valence-corrected chi connectivity index (χ0v) is 20.3. The van der Waals surface area contributed by atoms with Crippen molar-refractivity contribution in [2.24, 2.45) is 0 Å². The van der Waals surface area contributed by atoms with Gasteiger partial charge in [-0.2, -0.15) is 0 Å². The quantitative estimate of drug-likeness (QED) is 0.346. The van der Waals surface area contributed by atoms with E-state index in [-0.39, 0.29) is 17.2 Å². The Morgan fingerprint density at radius 2 is 1.63 bits per heavy atom. The highest BCUT2D eigenvalue weighted by molar-refractivity contribution is 8.04. The van der Waals surface area contributed by atoms with E-state index in [2.05, 4.69) is 5.32 Å². The molecule has 35 heavy (non-hydrogen) atoms. The third-order valence-electron chi connectivity index (χ3n) is 5.29. The lowest BCUT2D eigenvalue weighted by molar-refractivity contribution is -0.120. The van der Waals surface area contributed by atoms with Gasteiger partial charge in [-0.3, -0.25) is 9.59 Å². The Hall–Kier alpha value is -4.04. The van der Waals surface area contributed by atoms with Gasteiger partial charge in [0.15, 0.2) is 0 Å². The second-order valence-corrected chi connectivity index (χ2v) is 8.74. The summed E-state index contributed by atoms with van der Waals surface area (Å²) in [4.78, 5) is 41.2. The van der Waals surface area contributed by atoms with Crippen molar-refractivity contribution in [1.29, 1.82) is 0 Å². The minimum atomic E-state index is -0.501. The number of para-hydroxylation sites is 2. The minimum Gasteiger partial charge on any atom is -0.495 e. The summed E-state index contributed by atoms with van der Waals surface area (Å²) in [6, 6.07) is 21.1. The van der Waals surface area contributed by atoms with Gasteiger partial charge in [0.25, 0.3) is 11.8 Å². The highest BCUT2D eigenvalue weighted by Gasteiger charge is 2.40. The van der Waals surface area contributed by atoms with Crippen LogP contribution in [-0.2, 0) is 14.3 Å². The van der Waals surface area contributed by atoms with E-state index >= 15 is 0 Å². The van der Waals surface area contributed by atoms with Gasteiger partial charge in [-0.25, -0.2) is 9.69 Å². The molecule has 3 aromatic carbocycles. The normalized spacial score (nSPS) is 13.3. The van der Waals surface area contributed by atoms with E-state index < -0.39 is 17.8 Å². The maximum Gasteiger partial charge on any atom is 0.338 e. The maximum atomic E-state index is 13.5. The van der Waals surface area contributed by atoms with Gasteiger partial charge in [-0.1, -0.05) is 41.6 Å². The average molecular weight is 489 g/mol. The summed E-state index contributed by atoms with van der Waals surface area (Å²) >= 11 is 1.22. The molecule has 0 atom stereocenters. The molecule has 0 spiro atoms. The summed E-state index contributed by atoms with van der Waals surface area (Å²) in [6.07, 6.45) is 0. The highest BCUT2D eigenvalue weighted by Crippen LogP contribution is 2.39. The van der Waals surface area contributed by atoms with Gasteiger partial charge >= 0.3 is 5.97 Å². The van der Waals surface area contributed by atoms with Crippen LogP contribution in [0.15, 0.2) is 88.3 Å². The van der Waals surface area contributed by atoms with Gasteiger partial charge in [-0.15, -0.1) is 0 Å². The number of imide groups is 1. The SMILES string of the molecule is CCOC(=O)c1ccc(N2C(=O)C(Nc3ccccc3OC)=C(Sc3ccc(C)cc3)C2=O)cc1. The molecule has 8 heteroatoms. The number of hydrogen-bond donors (Lipinski definition) is 1. The Kier molecular flexibility index (Phi) is 7.22. The second kappa shape index (κ2) is 10.5. The monoisotopic (exact) mass is 488 g/mol. The summed E-state index contributed by atoms with van der Waals surface area (Å²) in [5.41, 5.74) is 2.50. The predicted molar refractivity (Wildman–Crippen MR) is 136 cm³/mol. The predicted octanol–water partition coefficient (Wildman–Crippen LogP) is 5.17.